The smallest absolute Gasteiger partial charge is 0.246 e. The van der Waals surface area contributed by atoms with Gasteiger partial charge in [0.2, 0.25) is 5.91 Å². The van der Waals surface area contributed by atoms with Crippen LogP contribution in [0.15, 0.2) is 24.3 Å². The van der Waals surface area contributed by atoms with Gasteiger partial charge < -0.3 is 14.6 Å². The third kappa shape index (κ3) is 6.45. The molecular weight excluding hydrogens is 326 g/mol. The van der Waals surface area contributed by atoms with Crippen LogP contribution >= 0.6 is 0 Å². The largest absolute Gasteiger partial charge is 0.375 e. The van der Waals surface area contributed by atoms with Crippen LogP contribution in [0.4, 0.5) is 0 Å². The van der Waals surface area contributed by atoms with E-state index in [1.54, 1.807) is 0 Å². The van der Waals surface area contributed by atoms with Crippen LogP contribution in [-0.2, 0) is 22.6 Å². The number of carbonyl (C=O) groups excluding carboxylic acids is 1. The fourth-order valence-electron chi connectivity index (χ4n) is 3.27. The maximum Gasteiger partial charge on any atom is 0.246 e. The number of amides is 1. The van der Waals surface area contributed by atoms with E-state index >= 15 is 0 Å². The summed E-state index contributed by atoms with van der Waals surface area (Å²) in [5.74, 6) is 0.803. The molecule has 1 aromatic carbocycles. The molecule has 0 aliphatic carbocycles. The first-order valence-electron chi connectivity index (χ1n) is 9.96. The number of carbonyl (C=O) groups is 1. The van der Waals surface area contributed by atoms with Crippen LogP contribution in [0.5, 0.6) is 0 Å². The highest BCUT2D eigenvalue weighted by Gasteiger charge is 2.11. The molecule has 2 rings (SSSR count). The van der Waals surface area contributed by atoms with Crippen molar-refractivity contribution >= 4 is 16.9 Å². The third-order valence-electron chi connectivity index (χ3n) is 4.69. The molecule has 5 nitrogen and oxygen atoms in total. The van der Waals surface area contributed by atoms with Crippen LogP contribution in [0.3, 0.4) is 0 Å². The number of nitrogens with zero attached hydrogens (tertiary/aromatic N) is 2. The minimum absolute atomic E-state index is 0.0816. The van der Waals surface area contributed by atoms with Crippen molar-refractivity contribution in [1.82, 2.24) is 14.9 Å². The van der Waals surface area contributed by atoms with E-state index in [9.17, 15) is 4.79 Å². The summed E-state index contributed by atoms with van der Waals surface area (Å²) in [4.78, 5) is 16.4. The summed E-state index contributed by atoms with van der Waals surface area (Å²) in [6.07, 6.45) is 10.4. The van der Waals surface area contributed by atoms with E-state index in [4.69, 9.17) is 9.72 Å². The number of unbranched alkanes of at least 4 members (excludes halogenated alkanes) is 7. The monoisotopic (exact) mass is 359 g/mol. The highest BCUT2D eigenvalue weighted by molar-refractivity contribution is 5.78. The van der Waals surface area contributed by atoms with Gasteiger partial charge >= 0.3 is 0 Å². The number of hydrogen-bond acceptors (Lipinski definition) is 3. The highest BCUT2D eigenvalue weighted by atomic mass is 16.5. The van der Waals surface area contributed by atoms with Crippen LogP contribution in [0.2, 0.25) is 0 Å². The number of aryl methyl sites for hydroxylation is 1. The Labute approximate surface area is 157 Å². The Hall–Kier alpha value is -1.88. The molecule has 0 radical (unpaired) electrons. The van der Waals surface area contributed by atoms with Crippen molar-refractivity contribution in [2.75, 3.05) is 13.7 Å². The first kappa shape index (κ1) is 20.4. The predicted molar refractivity (Wildman–Crippen MR) is 106 cm³/mol. The summed E-state index contributed by atoms with van der Waals surface area (Å²) in [6.45, 7) is 3.72. The Morgan fingerprint density at radius 2 is 1.77 bits per heavy atom. The van der Waals surface area contributed by atoms with Gasteiger partial charge in [0, 0.05) is 13.7 Å². The van der Waals surface area contributed by atoms with E-state index in [0.29, 0.717) is 6.54 Å². The number of imidazole rings is 1. The van der Waals surface area contributed by atoms with Gasteiger partial charge in [0.05, 0.1) is 17.6 Å². The summed E-state index contributed by atoms with van der Waals surface area (Å²) in [5, 5.41) is 2.88. The van der Waals surface area contributed by atoms with E-state index in [1.165, 1.54) is 52.1 Å². The van der Waals surface area contributed by atoms with Gasteiger partial charge in [0.25, 0.3) is 0 Å². The van der Waals surface area contributed by atoms with Crippen molar-refractivity contribution in [2.24, 2.45) is 0 Å². The second kappa shape index (κ2) is 11.7. The van der Waals surface area contributed by atoms with Gasteiger partial charge in [-0.05, 0) is 18.6 Å². The molecule has 1 aromatic heterocycles. The molecule has 0 fully saturated rings. The highest BCUT2D eigenvalue weighted by Crippen LogP contribution is 2.18. The normalized spacial score (nSPS) is 11.2. The maximum absolute atomic E-state index is 11.7. The molecule has 0 saturated heterocycles. The summed E-state index contributed by atoms with van der Waals surface area (Å²) < 4.78 is 7.12. The van der Waals surface area contributed by atoms with Gasteiger partial charge in [0.1, 0.15) is 12.4 Å². The number of fused-ring (bicyclic) bond motifs is 1. The van der Waals surface area contributed by atoms with Crippen LogP contribution in [0.1, 0.15) is 64.1 Å². The lowest BCUT2D eigenvalue weighted by Crippen LogP contribution is -2.28. The second-order valence-corrected chi connectivity index (χ2v) is 6.85. The van der Waals surface area contributed by atoms with Gasteiger partial charge in [-0.3, -0.25) is 4.79 Å². The number of benzene rings is 1. The average Bonchev–Trinajstić information content (AvgIpc) is 3.00. The Bertz CT molecular complexity index is 666. The minimum atomic E-state index is -0.113. The first-order chi connectivity index (χ1) is 12.8. The van der Waals surface area contributed by atoms with Crippen LogP contribution in [0, 0.1) is 0 Å². The Morgan fingerprint density at radius 1 is 1.08 bits per heavy atom. The first-order valence-corrected chi connectivity index (χ1v) is 9.96. The van der Waals surface area contributed by atoms with Crippen molar-refractivity contribution in [3.8, 4) is 0 Å². The molecule has 144 valence electrons. The molecule has 0 saturated carbocycles. The molecule has 0 spiro atoms. The second-order valence-electron chi connectivity index (χ2n) is 6.85. The maximum atomic E-state index is 11.7. The average molecular weight is 360 g/mol. The van der Waals surface area contributed by atoms with Crippen LogP contribution in [0.25, 0.3) is 11.0 Å². The SMILES string of the molecule is CCCCCCCCCCn1c(CNC(=O)COC)nc2ccccc21. The third-order valence-corrected chi connectivity index (χ3v) is 4.69. The zero-order valence-corrected chi connectivity index (χ0v) is 16.3. The number of hydrogen-bond donors (Lipinski definition) is 1. The van der Waals surface area contributed by atoms with Gasteiger partial charge in [-0.2, -0.15) is 0 Å². The molecule has 5 heteroatoms. The van der Waals surface area contributed by atoms with Crippen molar-refractivity contribution < 1.29 is 9.53 Å². The number of nitrogens with one attached hydrogen (secondary N) is 1. The summed E-state index contributed by atoms with van der Waals surface area (Å²) in [5.41, 5.74) is 2.13. The lowest BCUT2D eigenvalue weighted by atomic mass is 10.1. The Morgan fingerprint density at radius 3 is 2.50 bits per heavy atom. The molecule has 0 aliphatic heterocycles. The minimum Gasteiger partial charge on any atom is -0.375 e. The van der Waals surface area contributed by atoms with Crippen molar-refractivity contribution in [2.45, 2.75) is 71.4 Å². The Balaban J connectivity index is 1.87. The molecule has 0 unspecified atom stereocenters. The predicted octanol–water partition coefficient (Wildman–Crippen LogP) is 4.44. The Kier molecular flexibility index (Phi) is 9.18. The van der Waals surface area contributed by atoms with Gasteiger partial charge in [-0.25, -0.2) is 4.98 Å². The van der Waals surface area contributed by atoms with E-state index in [-0.39, 0.29) is 12.5 Å². The fourth-order valence-corrected chi connectivity index (χ4v) is 3.27. The molecule has 2 aromatic rings. The van der Waals surface area contributed by atoms with E-state index in [2.05, 4.69) is 22.9 Å². The number of methoxy groups -OCH3 is 1. The quantitative estimate of drug-likeness (QED) is 0.538. The standard InChI is InChI=1S/C21H33N3O2/c1-3-4-5-6-7-8-9-12-15-24-19-14-11-10-13-18(19)23-20(24)16-22-21(25)17-26-2/h10-11,13-14H,3-9,12,15-17H2,1-2H3,(H,22,25). The molecule has 0 atom stereocenters. The van der Waals surface area contributed by atoms with Gasteiger partial charge in [-0.15, -0.1) is 0 Å². The molecular formula is C21H33N3O2. The van der Waals surface area contributed by atoms with Crippen molar-refractivity contribution in [3.63, 3.8) is 0 Å². The molecule has 1 N–H and O–H groups in total. The lowest BCUT2D eigenvalue weighted by Gasteiger charge is -2.10. The zero-order valence-electron chi connectivity index (χ0n) is 16.3. The van der Waals surface area contributed by atoms with E-state index in [1.807, 2.05) is 18.2 Å². The molecule has 0 aliphatic rings. The van der Waals surface area contributed by atoms with Gasteiger partial charge in [-0.1, -0.05) is 64.0 Å². The topological polar surface area (TPSA) is 56.2 Å². The lowest BCUT2D eigenvalue weighted by molar-refractivity contribution is -0.124. The summed E-state index contributed by atoms with van der Waals surface area (Å²) in [7, 11) is 1.52. The molecule has 0 bridgehead atoms. The van der Waals surface area contributed by atoms with Crippen LogP contribution in [-0.4, -0.2) is 29.2 Å². The molecule has 26 heavy (non-hydrogen) atoms. The van der Waals surface area contributed by atoms with E-state index < -0.39 is 0 Å². The number of aromatic nitrogens is 2. The van der Waals surface area contributed by atoms with Crippen molar-refractivity contribution in [3.05, 3.63) is 30.1 Å². The summed E-state index contributed by atoms with van der Waals surface area (Å²) >= 11 is 0. The van der Waals surface area contributed by atoms with Gasteiger partial charge in [0.15, 0.2) is 0 Å². The molecule has 1 amide bonds. The zero-order chi connectivity index (χ0) is 18.6. The van der Waals surface area contributed by atoms with Crippen LogP contribution < -0.4 is 5.32 Å². The number of ether oxygens (including phenoxy) is 1. The summed E-state index contributed by atoms with van der Waals surface area (Å²) in [6, 6.07) is 8.18. The number of para-hydroxylation sites is 2. The molecule has 1 heterocycles. The number of rotatable bonds is 13. The van der Waals surface area contributed by atoms with E-state index in [0.717, 1.165) is 29.8 Å². The fraction of sp³-hybridized carbons (Fsp3) is 0.619. The van der Waals surface area contributed by atoms with Crippen molar-refractivity contribution in [1.29, 1.82) is 0 Å².